The van der Waals surface area contributed by atoms with E-state index in [0.717, 1.165) is 34.1 Å². The smallest absolute Gasteiger partial charge is 0.271 e. The van der Waals surface area contributed by atoms with Crippen LogP contribution in [0.15, 0.2) is 59.7 Å². The zero-order chi connectivity index (χ0) is 21.5. The van der Waals surface area contributed by atoms with E-state index in [-0.39, 0.29) is 5.91 Å². The molecule has 6 heteroatoms. The van der Waals surface area contributed by atoms with Gasteiger partial charge in [-0.3, -0.25) is 4.79 Å². The molecule has 0 unspecified atom stereocenters. The number of carbonyl (C=O) groups is 1. The minimum atomic E-state index is -0.269. The number of nitrogens with zero attached hydrogens (tertiary/aromatic N) is 2. The maximum atomic E-state index is 12.3. The largest absolute Gasteiger partial charge is 0.494 e. The van der Waals surface area contributed by atoms with Crippen LogP contribution >= 0.6 is 0 Å². The fourth-order valence-electron chi connectivity index (χ4n) is 3.27. The normalized spacial score (nSPS) is 10.9. The van der Waals surface area contributed by atoms with E-state index in [9.17, 15) is 4.79 Å². The van der Waals surface area contributed by atoms with E-state index in [1.807, 2.05) is 58.0 Å². The summed E-state index contributed by atoms with van der Waals surface area (Å²) in [5.41, 5.74) is 7.21. The molecule has 1 aromatic heterocycles. The van der Waals surface area contributed by atoms with Gasteiger partial charge in [-0.05, 0) is 82.3 Å². The Balaban J connectivity index is 1.70. The molecule has 1 amide bonds. The molecule has 0 radical (unpaired) electrons. The Kier molecular flexibility index (Phi) is 6.91. The molecule has 0 bridgehead atoms. The number of rotatable bonds is 8. The Bertz CT molecular complexity index is 1020. The third-order valence-electron chi connectivity index (χ3n) is 4.67. The number of hydrazone groups is 1. The maximum absolute atomic E-state index is 12.3. The van der Waals surface area contributed by atoms with Crippen LogP contribution in [0, 0.1) is 13.8 Å². The summed E-state index contributed by atoms with van der Waals surface area (Å²) >= 11 is 0. The molecule has 2 aromatic carbocycles. The van der Waals surface area contributed by atoms with Crippen molar-refractivity contribution >= 4 is 12.1 Å². The Labute approximate surface area is 177 Å². The van der Waals surface area contributed by atoms with Crippen LogP contribution in [0.25, 0.3) is 5.69 Å². The average molecular weight is 405 g/mol. The van der Waals surface area contributed by atoms with Crippen LogP contribution in [-0.2, 0) is 0 Å². The number of hydrogen-bond donors (Lipinski definition) is 1. The van der Waals surface area contributed by atoms with E-state index in [0.29, 0.717) is 18.8 Å². The van der Waals surface area contributed by atoms with Gasteiger partial charge in [-0.1, -0.05) is 0 Å². The Morgan fingerprint density at radius 1 is 0.967 bits per heavy atom. The van der Waals surface area contributed by atoms with E-state index >= 15 is 0 Å². The standard InChI is InChI=1S/C24H27N3O3/c1-5-29-22-11-7-19(8-12-22)24(28)26-25-16-20-15-17(3)27(18(20)4)21-9-13-23(14-10-21)30-6-2/h7-16H,5-6H2,1-4H3,(H,26,28)/b25-16-. The molecule has 6 nitrogen and oxygen atoms in total. The molecule has 0 saturated carbocycles. The predicted molar refractivity (Wildman–Crippen MR) is 119 cm³/mol. The summed E-state index contributed by atoms with van der Waals surface area (Å²) in [5, 5.41) is 4.13. The van der Waals surface area contributed by atoms with Crippen LogP contribution < -0.4 is 14.9 Å². The summed E-state index contributed by atoms with van der Waals surface area (Å²) in [6.45, 7) is 9.18. The van der Waals surface area contributed by atoms with Gasteiger partial charge in [0.15, 0.2) is 0 Å². The number of benzene rings is 2. The molecule has 0 aliphatic rings. The van der Waals surface area contributed by atoms with Crippen molar-refractivity contribution in [2.75, 3.05) is 13.2 Å². The molecule has 0 atom stereocenters. The topological polar surface area (TPSA) is 64.8 Å². The zero-order valence-corrected chi connectivity index (χ0v) is 17.8. The highest BCUT2D eigenvalue weighted by atomic mass is 16.5. The highest BCUT2D eigenvalue weighted by Crippen LogP contribution is 2.22. The van der Waals surface area contributed by atoms with Crippen molar-refractivity contribution in [3.8, 4) is 17.2 Å². The van der Waals surface area contributed by atoms with Crippen molar-refractivity contribution in [2.45, 2.75) is 27.7 Å². The number of ether oxygens (including phenoxy) is 2. The summed E-state index contributed by atoms with van der Waals surface area (Å²) < 4.78 is 13.1. The van der Waals surface area contributed by atoms with Crippen LogP contribution in [0.1, 0.15) is 41.2 Å². The van der Waals surface area contributed by atoms with Crippen LogP contribution in [0.4, 0.5) is 0 Å². The molecule has 1 heterocycles. The van der Waals surface area contributed by atoms with Gasteiger partial charge in [-0.2, -0.15) is 5.10 Å². The van der Waals surface area contributed by atoms with Gasteiger partial charge in [-0.15, -0.1) is 0 Å². The predicted octanol–water partition coefficient (Wildman–Crippen LogP) is 4.66. The Morgan fingerprint density at radius 2 is 1.53 bits per heavy atom. The lowest BCUT2D eigenvalue weighted by molar-refractivity contribution is 0.0955. The van der Waals surface area contributed by atoms with Crippen LogP contribution in [-0.4, -0.2) is 29.9 Å². The Morgan fingerprint density at radius 3 is 2.10 bits per heavy atom. The molecule has 0 spiro atoms. The van der Waals surface area contributed by atoms with E-state index in [4.69, 9.17) is 9.47 Å². The van der Waals surface area contributed by atoms with Crippen LogP contribution in [0.5, 0.6) is 11.5 Å². The first kappa shape index (κ1) is 21.2. The Hall–Kier alpha value is -3.54. The van der Waals surface area contributed by atoms with Crippen molar-refractivity contribution in [1.29, 1.82) is 0 Å². The van der Waals surface area contributed by atoms with Crippen molar-refractivity contribution in [3.05, 3.63) is 77.1 Å². The number of aromatic nitrogens is 1. The number of nitrogens with one attached hydrogen (secondary N) is 1. The molecule has 0 aliphatic heterocycles. The molecule has 0 saturated heterocycles. The van der Waals surface area contributed by atoms with E-state index in [1.165, 1.54) is 0 Å². The van der Waals surface area contributed by atoms with E-state index < -0.39 is 0 Å². The minimum Gasteiger partial charge on any atom is -0.494 e. The second kappa shape index (κ2) is 9.78. The van der Waals surface area contributed by atoms with Crippen molar-refractivity contribution in [2.24, 2.45) is 5.10 Å². The number of aryl methyl sites for hydroxylation is 1. The van der Waals surface area contributed by atoms with Crippen molar-refractivity contribution in [1.82, 2.24) is 9.99 Å². The lowest BCUT2D eigenvalue weighted by Crippen LogP contribution is -2.17. The quantitative estimate of drug-likeness (QED) is 0.438. The van der Waals surface area contributed by atoms with Crippen molar-refractivity contribution < 1.29 is 14.3 Å². The average Bonchev–Trinajstić information content (AvgIpc) is 3.03. The summed E-state index contributed by atoms with van der Waals surface area (Å²) in [7, 11) is 0. The molecule has 3 aromatic rings. The molecule has 30 heavy (non-hydrogen) atoms. The van der Waals surface area contributed by atoms with Crippen LogP contribution in [0.2, 0.25) is 0 Å². The molecule has 156 valence electrons. The van der Waals surface area contributed by atoms with Gasteiger partial charge in [-0.25, -0.2) is 5.43 Å². The number of amides is 1. The highest BCUT2D eigenvalue weighted by molar-refractivity contribution is 5.95. The lowest BCUT2D eigenvalue weighted by atomic mass is 10.2. The van der Waals surface area contributed by atoms with Gasteiger partial charge < -0.3 is 14.0 Å². The summed E-state index contributed by atoms with van der Waals surface area (Å²) in [6.07, 6.45) is 1.67. The molecular formula is C24H27N3O3. The molecule has 3 rings (SSSR count). The fraction of sp³-hybridized carbons (Fsp3) is 0.250. The second-order valence-electron chi connectivity index (χ2n) is 6.75. The number of carbonyl (C=O) groups excluding carboxylic acids is 1. The van der Waals surface area contributed by atoms with Crippen molar-refractivity contribution in [3.63, 3.8) is 0 Å². The first-order valence-electron chi connectivity index (χ1n) is 10.0. The first-order chi connectivity index (χ1) is 14.5. The van der Waals surface area contributed by atoms with Gasteiger partial charge in [0, 0.05) is 28.2 Å². The fourth-order valence-corrected chi connectivity index (χ4v) is 3.27. The van der Waals surface area contributed by atoms with Gasteiger partial charge in [0.2, 0.25) is 0 Å². The third-order valence-corrected chi connectivity index (χ3v) is 4.67. The molecule has 0 fully saturated rings. The zero-order valence-electron chi connectivity index (χ0n) is 17.8. The van der Waals surface area contributed by atoms with Gasteiger partial charge in [0.1, 0.15) is 11.5 Å². The van der Waals surface area contributed by atoms with Crippen LogP contribution in [0.3, 0.4) is 0 Å². The summed E-state index contributed by atoms with van der Waals surface area (Å²) in [6, 6.07) is 17.0. The SMILES string of the molecule is CCOc1ccc(C(=O)N/N=C\c2cc(C)n(-c3ccc(OCC)cc3)c2C)cc1. The molecule has 1 N–H and O–H groups in total. The first-order valence-corrected chi connectivity index (χ1v) is 10.0. The van der Waals surface area contributed by atoms with Gasteiger partial charge in [0.05, 0.1) is 19.4 Å². The molecular weight excluding hydrogens is 378 g/mol. The monoisotopic (exact) mass is 405 g/mol. The highest BCUT2D eigenvalue weighted by Gasteiger charge is 2.10. The molecule has 0 aliphatic carbocycles. The number of hydrogen-bond acceptors (Lipinski definition) is 4. The van der Waals surface area contributed by atoms with E-state index in [1.54, 1.807) is 30.5 Å². The lowest BCUT2D eigenvalue weighted by Gasteiger charge is -2.10. The second-order valence-corrected chi connectivity index (χ2v) is 6.75. The summed E-state index contributed by atoms with van der Waals surface area (Å²) in [4.78, 5) is 12.3. The third kappa shape index (κ3) is 4.89. The van der Waals surface area contributed by atoms with Gasteiger partial charge >= 0.3 is 0 Å². The van der Waals surface area contributed by atoms with Gasteiger partial charge in [0.25, 0.3) is 5.91 Å². The maximum Gasteiger partial charge on any atom is 0.271 e. The van der Waals surface area contributed by atoms with E-state index in [2.05, 4.69) is 15.1 Å². The minimum absolute atomic E-state index is 0.269. The summed E-state index contributed by atoms with van der Waals surface area (Å²) in [5.74, 6) is 1.32.